The van der Waals surface area contributed by atoms with Crippen molar-refractivity contribution >= 4 is 23.5 Å². The standard InChI is InChI=1S/C15H15ClF3NO4/c1-24-12(22)13(4-5-13)14(23,7-11(20)21)8-2-3-10(16)9(6-8)15(17,18)19/h2-3,6,23H,4-5,7H2,1H3,(H2,20,21). The van der Waals surface area contributed by atoms with Crippen LogP contribution in [-0.4, -0.2) is 24.1 Å². The van der Waals surface area contributed by atoms with Crippen molar-refractivity contribution in [1.82, 2.24) is 0 Å². The summed E-state index contributed by atoms with van der Waals surface area (Å²) >= 11 is 5.57. The van der Waals surface area contributed by atoms with E-state index < -0.39 is 46.1 Å². The van der Waals surface area contributed by atoms with Crippen LogP contribution in [0.1, 0.15) is 30.4 Å². The van der Waals surface area contributed by atoms with Gasteiger partial charge in [-0.05, 0) is 30.5 Å². The molecule has 9 heteroatoms. The van der Waals surface area contributed by atoms with Crippen LogP contribution in [0.15, 0.2) is 18.2 Å². The summed E-state index contributed by atoms with van der Waals surface area (Å²) in [6, 6.07) is 2.73. The Bertz CT molecular complexity index is 688. The molecule has 1 saturated carbocycles. The minimum absolute atomic E-state index is 0.160. The lowest BCUT2D eigenvalue weighted by Crippen LogP contribution is -2.45. The Morgan fingerprint density at radius 1 is 1.38 bits per heavy atom. The number of alkyl halides is 3. The molecule has 0 radical (unpaired) electrons. The van der Waals surface area contributed by atoms with Crippen LogP contribution in [-0.2, 0) is 26.1 Å². The Morgan fingerprint density at radius 2 is 1.96 bits per heavy atom. The number of ether oxygens (including phenoxy) is 1. The fraction of sp³-hybridized carbons (Fsp3) is 0.467. The van der Waals surface area contributed by atoms with Crippen LogP contribution in [0.25, 0.3) is 0 Å². The van der Waals surface area contributed by atoms with Crippen molar-refractivity contribution in [2.45, 2.75) is 31.0 Å². The Balaban J connectivity index is 2.62. The summed E-state index contributed by atoms with van der Waals surface area (Å²) < 4.78 is 43.8. The van der Waals surface area contributed by atoms with Gasteiger partial charge in [0.15, 0.2) is 0 Å². The van der Waals surface area contributed by atoms with Gasteiger partial charge in [-0.3, -0.25) is 9.59 Å². The van der Waals surface area contributed by atoms with Crippen molar-refractivity contribution in [3.8, 4) is 0 Å². The van der Waals surface area contributed by atoms with E-state index in [2.05, 4.69) is 4.74 Å². The van der Waals surface area contributed by atoms with E-state index in [4.69, 9.17) is 17.3 Å². The fourth-order valence-electron chi connectivity index (χ4n) is 2.91. The van der Waals surface area contributed by atoms with Crippen molar-refractivity contribution in [3.05, 3.63) is 34.3 Å². The minimum atomic E-state index is -4.76. The molecule has 1 aromatic carbocycles. The van der Waals surface area contributed by atoms with E-state index in [0.717, 1.165) is 19.2 Å². The van der Waals surface area contributed by atoms with Crippen molar-refractivity contribution in [3.63, 3.8) is 0 Å². The molecule has 0 spiro atoms. The number of carbonyl (C=O) groups is 2. The molecule has 2 rings (SSSR count). The molecule has 24 heavy (non-hydrogen) atoms. The predicted octanol–water partition coefficient (Wildman–Crippen LogP) is 2.38. The Kier molecular flexibility index (Phi) is 4.58. The zero-order chi connectivity index (χ0) is 18.3. The molecule has 1 atom stereocenters. The fourth-order valence-corrected chi connectivity index (χ4v) is 3.13. The number of carbonyl (C=O) groups excluding carboxylic acids is 2. The predicted molar refractivity (Wildman–Crippen MR) is 77.8 cm³/mol. The van der Waals surface area contributed by atoms with Gasteiger partial charge < -0.3 is 15.6 Å². The highest BCUT2D eigenvalue weighted by molar-refractivity contribution is 6.31. The maximum Gasteiger partial charge on any atom is 0.417 e. The number of hydrogen-bond donors (Lipinski definition) is 2. The van der Waals surface area contributed by atoms with Gasteiger partial charge in [-0.15, -0.1) is 0 Å². The summed E-state index contributed by atoms with van der Waals surface area (Å²) in [4.78, 5) is 23.4. The van der Waals surface area contributed by atoms with Gasteiger partial charge >= 0.3 is 12.1 Å². The van der Waals surface area contributed by atoms with Crippen LogP contribution in [0.2, 0.25) is 5.02 Å². The summed E-state index contributed by atoms with van der Waals surface area (Å²) in [6.45, 7) is 0. The second kappa shape index (κ2) is 5.93. The smallest absolute Gasteiger partial charge is 0.417 e. The Labute approximate surface area is 140 Å². The number of rotatable bonds is 5. The lowest BCUT2D eigenvalue weighted by atomic mass is 9.75. The molecule has 1 amide bonds. The quantitative estimate of drug-likeness (QED) is 0.784. The molecule has 0 bridgehead atoms. The highest BCUT2D eigenvalue weighted by Crippen LogP contribution is 2.60. The van der Waals surface area contributed by atoms with Gasteiger partial charge in [-0.25, -0.2) is 0 Å². The van der Waals surface area contributed by atoms with Crippen molar-refractivity contribution in [2.24, 2.45) is 11.1 Å². The van der Waals surface area contributed by atoms with Crippen LogP contribution in [0.5, 0.6) is 0 Å². The SMILES string of the molecule is COC(=O)C1(C(O)(CC(N)=O)c2ccc(Cl)c(C(F)(F)F)c2)CC1. The molecule has 1 unspecified atom stereocenters. The maximum absolute atomic E-state index is 13.1. The number of benzene rings is 1. The third kappa shape index (κ3) is 2.95. The van der Waals surface area contributed by atoms with Crippen LogP contribution in [0, 0.1) is 5.41 Å². The van der Waals surface area contributed by atoms with E-state index >= 15 is 0 Å². The normalized spacial score (nSPS) is 18.6. The highest BCUT2D eigenvalue weighted by Gasteiger charge is 2.66. The number of esters is 1. The first-order valence-corrected chi connectivity index (χ1v) is 7.32. The third-order valence-corrected chi connectivity index (χ3v) is 4.63. The molecule has 0 aliphatic heterocycles. The number of nitrogens with two attached hydrogens (primary N) is 1. The van der Waals surface area contributed by atoms with Crippen molar-refractivity contribution in [1.29, 1.82) is 0 Å². The number of amides is 1. The molecular weight excluding hydrogens is 351 g/mol. The van der Waals surface area contributed by atoms with E-state index in [9.17, 15) is 27.9 Å². The van der Waals surface area contributed by atoms with Crippen LogP contribution in [0.4, 0.5) is 13.2 Å². The van der Waals surface area contributed by atoms with Crippen LogP contribution >= 0.6 is 11.6 Å². The molecule has 1 aliphatic carbocycles. The molecule has 3 N–H and O–H groups in total. The molecule has 0 heterocycles. The van der Waals surface area contributed by atoms with Crippen molar-refractivity contribution in [2.75, 3.05) is 7.11 Å². The monoisotopic (exact) mass is 365 g/mol. The maximum atomic E-state index is 13.1. The number of methoxy groups -OCH3 is 1. The van der Waals surface area contributed by atoms with Gasteiger partial charge in [-0.2, -0.15) is 13.2 Å². The van der Waals surface area contributed by atoms with E-state index in [1.54, 1.807) is 0 Å². The minimum Gasteiger partial charge on any atom is -0.468 e. The summed E-state index contributed by atoms with van der Waals surface area (Å²) in [7, 11) is 1.09. The molecular formula is C15H15ClF3NO4. The van der Waals surface area contributed by atoms with Gasteiger partial charge in [-0.1, -0.05) is 17.7 Å². The first kappa shape index (κ1) is 18.5. The number of aliphatic hydroxyl groups is 1. The Hall–Kier alpha value is -1.80. The lowest BCUT2D eigenvalue weighted by molar-refractivity contribution is -0.162. The van der Waals surface area contributed by atoms with Gasteiger partial charge in [0.1, 0.15) is 11.0 Å². The Morgan fingerprint density at radius 3 is 2.38 bits per heavy atom. The summed E-state index contributed by atoms with van der Waals surface area (Å²) in [5.41, 5.74) is -0.0206. The summed E-state index contributed by atoms with van der Waals surface area (Å²) in [5, 5.41) is 10.5. The number of hydrogen-bond acceptors (Lipinski definition) is 4. The average Bonchev–Trinajstić information content (AvgIpc) is 3.26. The van der Waals surface area contributed by atoms with Crippen LogP contribution in [0.3, 0.4) is 0 Å². The van der Waals surface area contributed by atoms with E-state index in [1.165, 1.54) is 0 Å². The van der Waals surface area contributed by atoms with Crippen LogP contribution < -0.4 is 5.73 Å². The number of primary amides is 1. The van der Waals surface area contributed by atoms with E-state index in [-0.39, 0.29) is 18.4 Å². The van der Waals surface area contributed by atoms with E-state index in [1.807, 2.05) is 0 Å². The lowest BCUT2D eigenvalue weighted by Gasteiger charge is -2.35. The zero-order valence-corrected chi connectivity index (χ0v) is 13.4. The van der Waals surface area contributed by atoms with Gasteiger partial charge in [0.2, 0.25) is 5.91 Å². The number of halogens is 4. The molecule has 132 valence electrons. The van der Waals surface area contributed by atoms with E-state index in [0.29, 0.717) is 6.07 Å². The largest absolute Gasteiger partial charge is 0.468 e. The molecule has 0 saturated heterocycles. The zero-order valence-electron chi connectivity index (χ0n) is 12.6. The molecule has 1 fully saturated rings. The third-order valence-electron chi connectivity index (χ3n) is 4.30. The van der Waals surface area contributed by atoms with Gasteiger partial charge in [0.05, 0.1) is 24.1 Å². The van der Waals surface area contributed by atoms with Gasteiger partial charge in [0, 0.05) is 0 Å². The topological polar surface area (TPSA) is 89.6 Å². The molecule has 0 aromatic heterocycles. The van der Waals surface area contributed by atoms with Crippen molar-refractivity contribution < 1.29 is 32.6 Å². The summed E-state index contributed by atoms with van der Waals surface area (Å²) in [6.07, 6.45) is -5.16. The first-order valence-electron chi connectivity index (χ1n) is 6.94. The average molecular weight is 366 g/mol. The summed E-state index contributed by atoms with van der Waals surface area (Å²) in [5.74, 6) is -1.77. The molecule has 1 aromatic rings. The molecule has 5 nitrogen and oxygen atoms in total. The van der Waals surface area contributed by atoms with Gasteiger partial charge in [0.25, 0.3) is 0 Å². The first-order chi connectivity index (χ1) is 11.0. The second-order valence-electron chi connectivity index (χ2n) is 5.77. The molecule has 1 aliphatic rings. The highest BCUT2D eigenvalue weighted by atomic mass is 35.5. The second-order valence-corrected chi connectivity index (χ2v) is 6.18.